The monoisotopic (exact) mass is 587 g/mol. The average molecular weight is 589 g/mol. The van der Waals surface area contributed by atoms with Crippen LogP contribution in [0.5, 0.6) is 0 Å². The van der Waals surface area contributed by atoms with Crippen molar-refractivity contribution in [2.45, 2.75) is 64.6 Å². The summed E-state index contributed by atoms with van der Waals surface area (Å²) in [5, 5.41) is 4.18. The van der Waals surface area contributed by atoms with Crippen molar-refractivity contribution in [1.29, 1.82) is 0 Å². The van der Waals surface area contributed by atoms with Gasteiger partial charge in [-0.3, -0.25) is 13.9 Å². The number of hydrogen-bond donors (Lipinski definition) is 1. The molecule has 0 radical (unpaired) electrons. The molecule has 202 valence electrons. The summed E-state index contributed by atoms with van der Waals surface area (Å²) in [7, 11) is -3.86. The van der Waals surface area contributed by atoms with Crippen LogP contribution >= 0.6 is 34.8 Å². The molecular formula is C26H32Cl3N3O4S. The minimum atomic E-state index is -3.86. The lowest BCUT2D eigenvalue weighted by atomic mass is 9.95. The highest BCUT2D eigenvalue weighted by Gasteiger charge is 2.32. The second kappa shape index (κ2) is 12.7. The Balaban J connectivity index is 1.93. The Kier molecular flexibility index (Phi) is 10.1. The van der Waals surface area contributed by atoms with E-state index in [0.29, 0.717) is 31.9 Å². The van der Waals surface area contributed by atoms with Gasteiger partial charge in [0.25, 0.3) is 0 Å². The van der Waals surface area contributed by atoms with E-state index in [2.05, 4.69) is 5.32 Å². The predicted molar refractivity (Wildman–Crippen MR) is 150 cm³/mol. The fourth-order valence-electron chi connectivity index (χ4n) is 4.43. The summed E-state index contributed by atoms with van der Waals surface area (Å²) in [6.07, 6.45) is 6.05. The largest absolute Gasteiger partial charge is 0.352 e. The summed E-state index contributed by atoms with van der Waals surface area (Å²) in [6.45, 7) is 2.86. The van der Waals surface area contributed by atoms with Gasteiger partial charge in [0, 0.05) is 27.7 Å². The third-order valence-electron chi connectivity index (χ3n) is 6.59. The molecule has 0 heterocycles. The van der Waals surface area contributed by atoms with Crippen LogP contribution < -0.4 is 9.62 Å². The highest BCUT2D eigenvalue weighted by atomic mass is 35.5. The number of rotatable bonds is 9. The zero-order valence-corrected chi connectivity index (χ0v) is 24.2. The lowest BCUT2D eigenvalue weighted by Crippen LogP contribution is -2.53. The summed E-state index contributed by atoms with van der Waals surface area (Å²) in [4.78, 5) is 28.3. The fourth-order valence-corrected chi connectivity index (χ4v) is 5.96. The average Bonchev–Trinajstić information content (AvgIpc) is 2.83. The SMILES string of the molecule is Cc1ccc(Cl)cc1N(CC(=O)N(Cc1ccc(Cl)cc1Cl)[C@H](C)C(=O)NC1CCCCC1)S(C)(=O)=O. The highest BCUT2D eigenvalue weighted by molar-refractivity contribution is 7.92. The van der Waals surface area contributed by atoms with E-state index in [1.54, 1.807) is 44.2 Å². The van der Waals surface area contributed by atoms with E-state index in [4.69, 9.17) is 34.8 Å². The van der Waals surface area contributed by atoms with Gasteiger partial charge >= 0.3 is 0 Å². The number of amides is 2. The van der Waals surface area contributed by atoms with E-state index < -0.39 is 28.5 Å². The zero-order valence-electron chi connectivity index (χ0n) is 21.1. The van der Waals surface area contributed by atoms with E-state index in [9.17, 15) is 18.0 Å². The molecule has 0 unspecified atom stereocenters. The smallest absolute Gasteiger partial charge is 0.244 e. The second-order valence-corrected chi connectivity index (χ2v) is 12.7. The molecule has 1 N–H and O–H groups in total. The molecule has 2 aromatic carbocycles. The maximum atomic E-state index is 13.7. The highest BCUT2D eigenvalue weighted by Crippen LogP contribution is 2.28. The zero-order chi connectivity index (χ0) is 27.3. The van der Waals surface area contributed by atoms with Gasteiger partial charge in [-0.25, -0.2) is 8.42 Å². The van der Waals surface area contributed by atoms with Crippen LogP contribution in [-0.2, 0) is 26.2 Å². The molecule has 37 heavy (non-hydrogen) atoms. The van der Waals surface area contributed by atoms with E-state index in [0.717, 1.165) is 42.7 Å². The van der Waals surface area contributed by atoms with E-state index in [-0.39, 0.29) is 18.5 Å². The van der Waals surface area contributed by atoms with Gasteiger partial charge in [-0.15, -0.1) is 0 Å². The summed E-state index contributed by atoms with van der Waals surface area (Å²) < 4.78 is 26.5. The maximum absolute atomic E-state index is 13.7. The molecule has 0 aromatic heterocycles. The molecule has 3 rings (SSSR count). The summed E-state index contributed by atoms with van der Waals surface area (Å²) in [5.41, 5.74) is 1.52. The minimum absolute atomic E-state index is 0.000217. The van der Waals surface area contributed by atoms with Crippen LogP contribution in [0, 0.1) is 6.92 Å². The van der Waals surface area contributed by atoms with Gasteiger partial charge in [0.05, 0.1) is 11.9 Å². The van der Waals surface area contributed by atoms with Crippen LogP contribution in [0.3, 0.4) is 0 Å². The Morgan fingerprint density at radius 2 is 1.65 bits per heavy atom. The molecule has 2 amide bonds. The van der Waals surface area contributed by atoms with Crippen LogP contribution in [0.25, 0.3) is 0 Å². The Hall–Kier alpha value is -2.00. The van der Waals surface area contributed by atoms with Crippen molar-refractivity contribution in [3.63, 3.8) is 0 Å². The standard InChI is InChI=1S/C26H32Cl3N3O4S/c1-17-9-11-21(28)14-24(17)32(37(3,35)36)16-25(33)31(15-19-10-12-20(27)13-23(19)29)18(2)26(34)30-22-7-5-4-6-8-22/h9-14,18,22H,4-8,15-16H2,1-3H3,(H,30,34)/t18-/m1/s1. The van der Waals surface area contributed by atoms with Crippen LogP contribution in [0.2, 0.25) is 15.1 Å². The van der Waals surface area contributed by atoms with Gasteiger partial charge < -0.3 is 10.2 Å². The fraction of sp³-hybridized carbons (Fsp3) is 0.462. The number of anilines is 1. The molecule has 11 heteroatoms. The number of benzene rings is 2. The number of aryl methyl sites for hydroxylation is 1. The Labute approximate surface area is 234 Å². The Bertz CT molecular complexity index is 1250. The van der Waals surface area contributed by atoms with E-state index in [1.165, 1.54) is 11.0 Å². The maximum Gasteiger partial charge on any atom is 0.244 e. The van der Waals surface area contributed by atoms with E-state index in [1.807, 2.05) is 0 Å². The molecule has 1 atom stereocenters. The molecule has 0 spiro atoms. The predicted octanol–water partition coefficient (Wildman–Crippen LogP) is 5.59. The minimum Gasteiger partial charge on any atom is -0.352 e. The van der Waals surface area contributed by atoms with Crippen LogP contribution in [0.15, 0.2) is 36.4 Å². The molecule has 1 fully saturated rings. The molecule has 1 aliphatic carbocycles. The lowest BCUT2D eigenvalue weighted by molar-refractivity contribution is -0.139. The van der Waals surface area contributed by atoms with Crippen LogP contribution in [0.4, 0.5) is 5.69 Å². The van der Waals surface area contributed by atoms with Gasteiger partial charge in [0.1, 0.15) is 12.6 Å². The third kappa shape index (κ3) is 7.99. The van der Waals surface area contributed by atoms with Gasteiger partial charge in [-0.05, 0) is 62.1 Å². The Morgan fingerprint density at radius 1 is 1.03 bits per heavy atom. The first-order valence-electron chi connectivity index (χ1n) is 12.1. The molecule has 0 aliphatic heterocycles. The molecule has 2 aromatic rings. The molecule has 1 aliphatic rings. The first-order chi connectivity index (χ1) is 17.4. The Morgan fingerprint density at radius 3 is 2.27 bits per heavy atom. The second-order valence-electron chi connectivity index (χ2n) is 9.48. The van der Waals surface area contributed by atoms with Crippen molar-refractivity contribution in [3.8, 4) is 0 Å². The van der Waals surface area contributed by atoms with Crippen molar-refractivity contribution in [2.75, 3.05) is 17.1 Å². The summed E-state index contributed by atoms with van der Waals surface area (Å²) in [5.74, 6) is -0.850. The van der Waals surface area contributed by atoms with E-state index >= 15 is 0 Å². The first-order valence-corrected chi connectivity index (χ1v) is 15.1. The van der Waals surface area contributed by atoms with Crippen molar-refractivity contribution < 1.29 is 18.0 Å². The quantitative estimate of drug-likeness (QED) is 0.414. The number of carbonyl (C=O) groups excluding carboxylic acids is 2. The van der Waals surface area contributed by atoms with Crippen molar-refractivity contribution in [2.24, 2.45) is 0 Å². The molecule has 0 saturated heterocycles. The van der Waals surface area contributed by atoms with Crippen molar-refractivity contribution in [1.82, 2.24) is 10.2 Å². The number of nitrogens with one attached hydrogen (secondary N) is 1. The normalized spacial score (nSPS) is 15.2. The summed E-state index contributed by atoms with van der Waals surface area (Å²) >= 11 is 18.6. The number of sulfonamides is 1. The molecule has 7 nitrogen and oxygen atoms in total. The number of halogens is 3. The third-order valence-corrected chi connectivity index (χ3v) is 8.54. The van der Waals surface area contributed by atoms with Gasteiger partial charge in [-0.2, -0.15) is 0 Å². The summed E-state index contributed by atoms with van der Waals surface area (Å²) in [6, 6.07) is 8.92. The van der Waals surface area contributed by atoms with Crippen LogP contribution in [0.1, 0.15) is 50.2 Å². The number of carbonyl (C=O) groups is 2. The first kappa shape index (κ1) is 29.6. The van der Waals surface area contributed by atoms with Gasteiger partial charge in [-0.1, -0.05) is 66.2 Å². The topological polar surface area (TPSA) is 86.8 Å². The van der Waals surface area contributed by atoms with Gasteiger partial charge in [0.2, 0.25) is 21.8 Å². The van der Waals surface area contributed by atoms with Crippen LogP contribution in [-0.4, -0.2) is 50.0 Å². The number of nitrogens with zero attached hydrogens (tertiary/aromatic N) is 2. The van der Waals surface area contributed by atoms with Gasteiger partial charge in [0.15, 0.2) is 0 Å². The number of hydrogen-bond acceptors (Lipinski definition) is 4. The van der Waals surface area contributed by atoms with Crippen molar-refractivity contribution >= 4 is 62.3 Å². The van der Waals surface area contributed by atoms with Crippen molar-refractivity contribution in [3.05, 3.63) is 62.6 Å². The molecular weight excluding hydrogens is 557 g/mol. The molecule has 1 saturated carbocycles. The molecule has 0 bridgehead atoms. The lowest BCUT2D eigenvalue weighted by Gasteiger charge is -2.33.